The van der Waals surface area contributed by atoms with Crippen LogP contribution < -0.4 is 9.47 Å². The van der Waals surface area contributed by atoms with Gasteiger partial charge in [0.1, 0.15) is 11.5 Å². The van der Waals surface area contributed by atoms with Gasteiger partial charge in [-0.25, -0.2) is 18.6 Å². The maximum Gasteiger partial charge on any atom is 0.363 e. The number of rotatable bonds is 7. The summed E-state index contributed by atoms with van der Waals surface area (Å²) in [5.74, 6) is -5.90. The number of aromatic nitrogens is 2. The Labute approximate surface area is 177 Å². The lowest BCUT2D eigenvalue weighted by Gasteiger charge is -2.12. The molecule has 0 atom stereocenters. The SMILES string of the molecule is O=C(O)COc1cc(Br)c(Oc2ccc3nc(C(F)(F)C(F)F)[nH]c3c2)c(Br)c1. The molecule has 1 aromatic heterocycles. The second-order valence-corrected chi connectivity index (χ2v) is 7.40. The lowest BCUT2D eigenvalue weighted by Crippen LogP contribution is -2.25. The molecule has 0 bridgehead atoms. The van der Waals surface area contributed by atoms with Crippen LogP contribution in [0.15, 0.2) is 39.3 Å². The molecule has 2 N–H and O–H groups in total. The van der Waals surface area contributed by atoms with Gasteiger partial charge in [0.2, 0.25) is 0 Å². The van der Waals surface area contributed by atoms with Crippen LogP contribution in [0.2, 0.25) is 0 Å². The van der Waals surface area contributed by atoms with E-state index >= 15 is 0 Å². The van der Waals surface area contributed by atoms with Gasteiger partial charge in [-0.05, 0) is 56.1 Å². The third-order valence-electron chi connectivity index (χ3n) is 3.60. The molecule has 0 amide bonds. The summed E-state index contributed by atoms with van der Waals surface area (Å²) in [6.07, 6.45) is -3.90. The Balaban J connectivity index is 1.87. The van der Waals surface area contributed by atoms with Gasteiger partial charge in [-0.1, -0.05) is 0 Å². The van der Waals surface area contributed by atoms with Crippen LogP contribution in [0.4, 0.5) is 17.6 Å². The first kappa shape index (κ1) is 21.4. The molecule has 0 fully saturated rings. The van der Waals surface area contributed by atoms with E-state index in [4.69, 9.17) is 14.6 Å². The van der Waals surface area contributed by atoms with Gasteiger partial charge in [-0.2, -0.15) is 8.78 Å². The maximum atomic E-state index is 13.5. The van der Waals surface area contributed by atoms with Crippen LogP contribution in [-0.2, 0) is 10.7 Å². The molecule has 6 nitrogen and oxygen atoms in total. The van der Waals surface area contributed by atoms with Crippen LogP contribution in [-0.4, -0.2) is 34.1 Å². The Bertz CT molecular complexity index is 1050. The van der Waals surface area contributed by atoms with Gasteiger partial charge in [0.25, 0.3) is 0 Å². The van der Waals surface area contributed by atoms with Crippen LogP contribution >= 0.6 is 31.9 Å². The summed E-state index contributed by atoms with van der Waals surface area (Å²) in [4.78, 5) is 16.3. The molecule has 0 aliphatic heterocycles. The number of carboxylic acids is 1. The summed E-state index contributed by atoms with van der Waals surface area (Å²) in [7, 11) is 0. The Kier molecular flexibility index (Phi) is 6.03. The van der Waals surface area contributed by atoms with E-state index in [9.17, 15) is 22.4 Å². The summed E-state index contributed by atoms with van der Waals surface area (Å²) in [6.45, 7) is -0.527. The zero-order valence-electron chi connectivity index (χ0n) is 14.1. The number of fused-ring (bicyclic) bond motifs is 1. The Hall–Kier alpha value is -2.34. The fraction of sp³-hybridized carbons (Fsp3) is 0.176. The minimum absolute atomic E-state index is 0.0724. The molecule has 0 spiro atoms. The zero-order valence-corrected chi connectivity index (χ0v) is 17.2. The number of carboxylic acid groups (broad SMARTS) is 1. The quantitative estimate of drug-likeness (QED) is 0.375. The predicted octanol–water partition coefficient (Wildman–Crippen LogP) is 5.70. The van der Waals surface area contributed by atoms with E-state index in [2.05, 4.69) is 41.8 Å². The molecule has 0 saturated heterocycles. The molecule has 0 saturated carbocycles. The fourth-order valence-electron chi connectivity index (χ4n) is 2.29. The van der Waals surface area contributed by atoms with Gasteiger partial charge in [-0.15, -0.1) is 0 Å². The lowest BCUT2D eigenvalue weighted by atomic mass is 10.3. The lowest BCUT2D eigenvalue weighted by molar-refractivity contribution is -0.140. The molecular formula is C17H10Br2F4N2O4. The first-order valence-corrected chi connectivity index (χ1v) is 9.34. The zero-order chi connectivity index (χ0) is 21.3. The van der Waals surface area contributed by atoms with E-state index in [1.54, 1.807) is 0 Å². The largest absolute Gasteiger partial charge is 0.482 e. The van der Waals surface area contributed by atoms with Gasteiger partial charge < -0.3 is 19.6 Å². The number of aromatic amines is 1. The van der Waals surface area contributed by atoms with E-state index < -0.39 is 30.7 Å². The highest BCUT2D eigenvalue weighted by atomic mass is 79.9. The van der Waals surface area contributed by atoms with Crippen molar-refractivity contribution in [3.05, 3.63) is 45.1 Å². The van der Waals surface area contributed by atoms with Gasteiger partial charge in [-0.3, -0.25) is 0 Å². The average molecular weight is 542 g/mol. The maximum absolute atomic E-state index is 13.5. The Morgan fingerprint density at radius 3 is 2.41 bits per heavy atom. The van der Waals surface area contributed by atoms with Gasteiger partial charge >= 0.3 is 18.3 Å². The van der Waals surface area contributed by atoms with Crippen molar-refractivity contribution in [1.29, 1.82) is 0 Å². The van der Waals surface area contributed by atoms with E-state index in [0.29, 0.717) is 14.7 Å². The first-order chi connectivity index (χ1) is 13.6. The number of nitrogens with one attached hydrogen (secondary N) is 1. The molecule has 154 valence electrons. The number of alkyl halides is 4. The summed E-state index contributed by atoms with van der Waals surface area (Å²) in [5.41, 5.74) is 0.162. The number of benzene rings is 2. The van der Waals surface area contributed by atoms with E-state index in [1.165, 1.54) is 30.3 Å². The highest BCUT2D eigenvalue weighted by molar-refractivity contribution is 9.11. The molecule has 0 radical (unpaired) electrons. The predicted molar refractivity (Wildman–Crippen MR) is 101 cm³/mol. The third-order valence-corrected chi connectivity index (χ3v) is 4.78. The summed E-state index contributed by atoms with van der Waals surface area (Å²) < 4.78 is 63.7. The number of carbonyl (C=O) groups is 1. The van der Waals surface area contributed by atoms with Crippen LogP contribution in [0.5, 0.6) is 17.2 Å². The number of halogens is 6. The number of imidazole rings is 1. The standard InChI is InChI=1S/C17H10Br2F4N2O4/c18-9-3-8(28-6-13(26)27)4-10(19)14(9)29-7-1-2-11-12(5-7)25-16(24-11)17(22,23)15(20)21/h1-5,15H,6H2,(H,24,25)(H,26,27). The fourth-order valence-corrected chi connectivity index (χ4v) is 3.60. The summed E-state index contributed by atoms with van der Waals surface area (Å²) >= 11 is 6.55. The molecule has 3 rings (SSSR count). The minimum Gasteiger partial charge on any atom is -0.482 e. The van der Waals surface area contributed by atoms with Crippen molar-refractivity contribution in [3.63, 3.8) is 0 Å². The second kappa shape index (κ2) is 8.19. The summed E-state index contributed by atoms with van der Waals surface area (Å²) in [5, 5.41) is 8.66. The molecule has 2 aromatic carbocycles. The van der Waals surface area contributed by atoms with Crippen molar-refractivity contribution in [2.45, 2.75) is 12.3 Å². The van der Waals surface area contributed by atoms with Crippen molar-refractivity contribution < 1.29 is 36.9 Å². The third kappa shape index (κ3) is 4.64. The molecule has 0 aliphatic rings. The Morgan fingerprint density at radius 2 is 1.83 bits per heavy atom. The highest BCUT2D eigenvalue weighted by Crippen LogP contribution is 2.40. The van der Waals surface area contributed by atoms with E-state index in [1.807, 2.05) is 0 Å². The minimum atomic E-state index is -4.40. The van der Waals surface area contributed by atoms with Crippen molar-refractivity contribution in [2.24, 2.45) is 0 Å². The average Bonchev–Trinajstić information content (AvgIpc) is 3.07. The summed E-state index contributed by atoms with van der Waals surface area (Å²) in [6, 6.07) is 7.08. The van der Waals surface area contributed by atoms with Gasteiger partial charge in [0.15, 0.2) is 18.2 Å². The molecule has 0 aliphatic carbocycles. The normalized spacial score (nSPS) is 11.8. The smallest absolute Gasteiger partial charge is 0.363 e. The molecule has 12 heteroatoms. The monoisotopic (exact) mass is 540 g/mol. The number of nitrogens with zero attached hydrogens (tertiary/aromatic N) is 1. The highest BCUT2D eigenvalue weighted by Gasteiger charge is 2.45. The van der Waals surface area contributed by atoms with E-state index in [-0.39, 0.29) is 22.5 Å². The van der Waals surface area contributed by atoms with Gasteiger partial charge in [0.05, 0.1) is 20.0 Å². The first-order valence-electron chi connectivity index (χ1n) is 7.75. The number of ether oxygens (including phenoxy) is 2. The van der Waals surface area contributed by atoms with Crippen LogP contribution in [0.3, 0.4) is 0 Å². The topological polar surface area (TPSA) is 84.4 Å². The number of hydrogen-bond acceptors (Lipinski definition) is 4. The van der Waals surface area contributed by atoms with Gasteiger partial charge in [0, 0.05) is 6.07 Å². The molecule has 3 aromatic rings. The van der Waals surface area contributed by atoms with Crippen molar-refractivity contribution >= 4 is 48.9 Å². The van der Waals surface area contributed by atoms with Crippen molar-refractivity contribution in [2.75, 3.05) is 6.61 Å². The van der Waals surface area contributed by atoms with E-state index in [0.717, 1.165) is 0 Å². The molecule has 29 heavy (non-hydrogen) atoms. The molecule has 0 unspecified atom stereocenters. The second-order valence-electron chi connectivity index (χ2n) is 5.69. The van der Waals surface area contributed by atoms with Crippen LogP contribution in [0, 0.1) is 0 Å². The number of H-pyrrole nitrogens is 1. The number of hydrogen-bond donors (Lipinski definition) is 2. The van der Waals surface area contributed by atoms with Crippen LogP contribution in [0.25, 0.3) is 11.0 Å². The van der Waals surface area contributed by atoms with Crippen molar-refractivity contribution in [3.8, 4) is 17.2 Å². The van der Waals surface area contributed by atoms with Crippen LogP contribution in [0.1, 0.15) is 5.82 Å². The molecule has 1 heterocycles. The number of aliphatic carboxylic acids is 1. The van der Waals surface area contributed by atoms with Crippen molar-refractivity contribution in [1.82, 2.24) is 9.97 Å². The molecular weight excluding hydrogens is 532 g/mol. The Morgan fingerprint density at radius 1 is 1.17 bits per heavy atom.